The van der Waals surface area contributed by atoms with Crippen molar-refractivity contribution < 1.29 is 9.59 Å². The molecule has 1 heterocycles. The topological polar surface area (TPSA) is 58.2 Å². The summed E-state index contributed by atoms with van der Waals surface area (Å²) in [5.41, 5.74) is 1.44. The Morgan fingerprint density at radius 3 is 2.69 bits per heavy atom. The first-order chi connectivity index (χ1) is 12.3. The fourth-order valence-corrected chi connectivity index (χ4v) is 6.96. The highest BCUT2D eigenvalue weighted by molar-refractivity contribution is 5.91. The predicted molar refractivity (Wildman–Crippen MR) is 102 cm³/mol. The largest absolute Gasteiger partial charge is 0.387 e. The Balaban J connectivity index is 1.59. The first-order valence-corrected chi connectivity index (χ1v) is 10.5. The van der Waals surface area contributed by atoms with Gasteiger partial charge in [-0.15, -0.1) is 0 Å². The van der Waals surface area contributed by atoms with E-state index >= 15 is 0 Å². The predicted octanol–water partition coefficient (Wildman–Crippen LogP) is 3.43. The number of amides is 1. The first kappa shape index (κ1) is 18.1. The van der Waals surface area contributed by atoms with E-state index in [1.165, 1.54) is 18.5 Å². The van der Waals surface area contributed by atoms with Crippen LogP contribution in [0.15, 0.2) is 11.8 Å². The summed E-state index contributed by atoms with van der Waals surface area (Å²) >= 11 is 0. The van der Waals surface area contributed by atoms with Crippen LogP contribution in [-0.2, 0) is 9.59 Å². The van der Waals surface area contributed by atoms with Crippen LogP contribution < -0.4 is 10.6 Å². The van der Waals surface area contributed by atoms with Gasteiger partial charge in [0, 0.05) is 42.1 Å². The zero-order chi connectivity index (χ0) is 18.7. The maximum Gasteiger partial charge on any atom is 0.223 e. The normalized spacial score (nSPS) is 44.5. The van der Waals surface area contributed by atoms with E-state index in [9.17, 15) is 9.59 Å². The minimum absolute atomic E-state index is 0.121. The summed E-state index contributed by atoms with van der Waals surface area (Å²) in [4.78, 5) is 24.7. The monoisotopic (exact) mass is 358 g/mol. The lowest BCUT2D eigenvalue weighted by Gasteiger charge is -2.58. The van der Waals surface area contributed by atoms with Crippen molar-refractivity contribution >= 4 is 11.7 Å². The maximum absolute atomic E-state index is 12.8. The summed E-state index contributed by atoms with van der Waals surface area (Å²) in [7, 11) is 0. The summed E-state index contributed by atoms with van der Waals surface area (Å²) in [6.45, 7) is 9.82. The van der Waals surface area contributed by atoms with E-state index in [1.54, 1.807) is 0 Å². The lowest BCUT2D eigenvalue weighted by molar-refractivity contribution is -0.133. The molecule has 4 aliphatic rings. The molecular formula is C22H34N2O2. The van der Waals surface area contributed by atoms with Crippen LogP contribution in [0.5, 0.6) is 0 Å². The van der Waals surface area contributed by atoms with Crippen LogP contribution in [0.2, 0.25) is 0 Å². The zero-order valence-corrected chi connectivity index (χ0v) is 16.7. The molecule has 2 saturated carbocycles. The number of rotatable bonds is 2. The van der Waals surface area contributed by atoms with Crippen molar-refractivity contribution in [2.75, 3.05) is 6.54 Å². The summed E-state index contributed by atoms with van der Waals surface area (Å²) < 4.78 is 0. The lowest BCUT2D eigenvalue weighted by atomic mass is 9.50. The number of nitrogens with one attached hydrogen (secondary N) is 2. The number of fused-ring (bicyclic) bond motifs is 5. The van der Waals surface area contributed by atoms with Crippen LogP contribution in [-0.4, -0.2) is 24.3 Å². The molecule has 26 heavy (non-hydrogen) atoms. The van der Waals surface area contributed by atoms with Crippen LogP contribution in [0.1, 0.15) is 66.2 Å². The molecule has 2 N–H and O–H groups in total. The Hall–Kier alpha value is -1.32. The van der Waals surface area contributed by atoms with Crippen molar-refractivity contribution in [2.24, 2.45) is 34.5 Å². The van der Waals surface area contributed by atoms with E-state index in [0.29, 0.717) is 24.2 Å². The third-order valence-corrected chi connectivity index (χ3v) is 8.34. The second-order valence-corrected chi connectivity index (χ2v) is 10.0. The van der Waals surface area contributed by atoms with Crippen molar-refractivity contribution in [1.82, 2.24) is 10.6 Å². The highest BCUT2D eigenvalue weighted by Crippen LogP contribution is 2.64. The standard InChI is InChI=1S/C22H34N2O2/c1-13(2)24-20(26)18-6-5-16-15-12-23-19-11-14(25)7-9-22(19,4)17(15)8-10-21(16,18)3/h11,13,15-18,23H,5-10,12H2,1-4H3,(H,24,26)/t15-,16-,17-,18+,21-,22+/m0/s1. The molecule has 1 saturated heterocycles. The van der Waals surface area contributed by atoms with Crippen molar-refractivity contribution in [3.05, 3.63) is 11.8 Å². The molecule has 0 bridgehead atoms. The molecule has 0 aromatic rings. The van der Waals surface area contributed by atoms with Crippen molar-refractivity contribution in [3.63, 3.8) is 0 Å². The first-order valence-electron chi connectivity index (χ1n) is 10.5. The number of allylic oxidation sites excluding steroid dienone is 2. The molecule has 6 atom stereocenters. The van der Waals surface area contributed by atoms with Crippen LogP contribution in [0, 0.1) is 34.5 Å². The maximum atomic E-state index is 12.8. The Bertz CT molecular complexity index is 655. The summed E-state index contributed by atoms with van der Waals surface area (Å²) in [5, 5.41) is 6.81. The number of hydrogen-bond acceptors (Lipinski definition) is 3. The molecule has 1 aliphatic heterocycles. The zero-order valence-electron chi connectivity index (χ0n) is 16.7. The average molecular weight is 359 g/mol. The Kier molecular flexibility index (Phi) is 4.24. The second kappa shape index (κ2) is 6.10. The SMILES string of the molecule is CC(C)NC(=O)[C@H]1CC[C@H]2[C@@H]3CNC4=CC(=O)CC[C@]4(C)[C@H]3CC[C@]12C. The number of hydrogen-bond donors (Lipinski definition) is 2. The van der Waals surface area contributed by atoms with E-state index < -0.39 is 0 Å². The minimum atomic E-state index is 0.121. The Labute approximate surface area is 157 Å². The van der Waals surface area contributed by atoms with Gasteiger partial charge in [0.15, 0.2) is 5.78 Å². The molecule has 144 valence electrons. The Morgan fingerprint density at radius 2 is 1.96 bits per heavy atom. The van der Waals surface area contributed by atoms with Gasteiger partial charge in [-0.3, -0.25) is 9.59 Å². The number of carbonyl (C=O) groups is 2. The van der Waals surface area contributed by atoms with E-state index in [0.717, 1.165) is 25.8 Å². The number of piperidine rings is 1. The lowest BCUT2D eigenvalue weighted by Crippen LogP contribution is -2.57. The quantitative estimate of drug-likeness (QED) is 0.795. The molecule has 1 amide bonds. The average Bonchev–Trinajstić information content (AvgIpc) is 2.92. The smallest absolute Gasteiger partial charge is 0.223 e. The van der Waals surface area contributed by atoms with Gasteiger partial charge < -0.3 is 10.6 Å². The van der Waals surface area contributed by atoms with E-state index in [1.807, 2.05) is 19.9 Å². The molecular weight excluding hydrogens is 324 g/mol. The number of carbonyl (C=O) groups excluding carboxylic acids is 2. The van der Waals surface area contributed by atoms with Gasteiger partial charge in [-0.05, 0) is 69.1 Å². The van der Waals surface area contributed by atoms with E-state index in [2.05, 4.69) is 24.5 Å². The van der Waals surface area contributed by atoms with Crippen molar-refractivity contribution in [2.45, 2.75) is 72.3 Å². The van der Waals surface area contributed by atoms with Gasteiger partial charge in [0.05, 0.1) is 0 Å². The van der Waals surface area contributed by atoms with Gasteiger partial charge in [0.25, 0.3) is 0 Å². The van der Waals surface area contributed by atoms with Crippen LogP contribution in [0.25, 0.3) is 0 Å². The molecule has 0 aromatic heterocycles. The Morgan fingerprint density at radius 1 is 1.19 bits per heavy atom. The van der Waals surface area contributed by atoms with Crippen molar-refractivity contribution in [3.8, 4) is 0 Å². The van der Waals surface area contributed by atoms with E-state index in [4.69, 9.17) is 0 Å². The molecule has 4 heteroatoms. The van der Waals surface area contributed by atoms with Gasteiger partial charge in [0.1, 0.15) is 0 Å². The van der Waals surface area contributed by atoms with Gasteiger partial charge in [-0.1, -0.05) is 13.8 Å². The molecule has 4 nitrogen and oxygen atoms in total. The third kappa shape index (κ3) is 2.55. The summed E-state index contributed by atoms with van der Waals surface area (Å²) in [5.74, 6) is 2.59. The second-order valence-electron chi connectivity index (χ2n) is 10.0. The van der Waals surface area contributed by atoms with E-state index in [-0.39, 0.29) is 34.5 Å². The molecule has 4 rings (SSSR count). The van der Waals surface area contributed by atoms with Gasteiger partial charge in [-0.25, -0.2) is 0 Å². The van der Waals surface area contributed by atoms with Crippen LogP contribution in [0.3, 0.4) is 0 Å². The third-order valence-electron chi connectivity index (χ3n) is 8.34. The van der Waals surface area contributed by atoms with Crippen molar-refractivity contribution in [1.29, 1.82) is 0 Å². The van der Waals surface area contributed by atoms with Crippen LogP contribution >= 0.6 is 0 Å². The fraction of sp³-hybridized carbons (Fsp3) is 0.818. The minimum Gasteiger partial charge on any atom is -0.387 e. The molecule has 3 fully saturated rings. The molecule has 0 unspecified atom stereocenters. The van der Waals surface area contributed by atoms with Gasteiger partial charge in [-0.2, -0.15) is 0 Å². The highest BCUT2D eigenvalue weighted by atomic mass is 16.2. The highest BCUT2D eigenvalue weighted by Gasteiger charge is 2.60. The molecule has 3 aliphatic carbocycles. The number of ketones is 1. The summed E-state index contributed by atoms with van der Waals surface area (Å²) in [6.07, 6.45) is 8.07. The fourth-order valence-electron chi connectivity index (χ4n) is 6.96. The van der Waals surface area contributed by atoms with Gasteiger partial charge in [0.2, 0.25) is 5.91 Å². The molecule has 0 spiro atoms. The van der Waals surface area contributed by atoms with Gasteiger partial charge >= 0.3 is 0 Å². The molecule has 0 radical (unpaired) electrons. The van der Waals surface area contributed by atoms with Crippen LogP contribution in [0.4, 0.5) is 0 Å². The molecule has 0 aromatic carbocycles. The summed E-state index contributed by atoms with van der Waals surface area (Å²) in [6, 6.07) is 0.212.